The van der Waals surface area contributed by atoms with Crippen LogP contribution in [0.25, 0.3) is 199 Å². The number of fused-ring (bicyclic) bond motifs is 12. The van der Waals surface area contributed by atoms with Crippen molar-refractivity contribution in [1.82, 2.24) is 49.8 Å². The van der Waals surface area contributed by atoms with E-state index in [2.05, 4.69) is 269 Å². The maximum Gasteiger partial charge on any atom is 0.0972 e. The third-order valence-corrected chi connectivity index (χ3v) is 19.1. The van der Waals surface area contributed by atoms with Crippen LogP contribution >= 0.6 is 0 Å². The molecule has 10 aromatic heterocycles. The summed E-state index contributed by atoms with van der Waals surface area (Å²) in [6.07, 6.45) is 7.33. The molecule has 0 spiro atoms. The lowest BCUT2D eigenvalue weighted by Crippen LogP contribution is -1.90. The summed E-state index contributed by atoms with van der Waals surface area (Å²) in [6, 6.07) is 105. The normalized spacial score (nSPS) is 11.6. The van der Waals surface area contributed by atoms with E-state index in [1.54, 1.807) is 0 Å². The molecule has 10 heterocycles. The second-order valence-electron chi connectivity index (χ2n) is 25.1. The van der Waals surface area contributed by atoms with Gasteiger partial charge in [0.05, 0.1) is 89.3 Å². The van der Waals surface area contributed by atoms with Gasteiger partial charge < -0.3 is 0 Å². The van der Waals surface area contributed by atoms with E-state index in [1.165, 1.54) is 0 Å². The summed E-state index contributed by atoms with van der Waals surface area (Å²) in [5.74, 6) is 0. The van der Waals surface area contributed by atoms with Crippen molar-refractivity contribution in [2.45, 2.75) is 0 Å². The van der Waals surface area contributed by atoms with Gasteiger partial charge in [0.2, 0.25) is 0 Å². The Kier molecular flexibility index (Phi) is 14.0. The van der Waals surface area contributed by atoms with Crippen LogP contribution in [0.4, 0.5) is 0 Å². The van der Waals surface area contributed by atoms with Crippen molar-refractivity contribution in [3.8, 4) is 89.8 Å². The molecule has 0 unspecified atom stereocenters. The minimum atomic E-state index is 0.911. The number of hydrogen-bond donors (Lipinski definition) is 0. The first kappa shape index (κ1) is 57.7. The third kappa shape index (κ3) is 10.7. The summed E-state index contributed by atoms with van der Waals surface area (Å²) in [5.41, 5.74) is 25.9. The summed E-state index contributed by atoms with van der Waals surface area (Å²) in [6.45, 7) is 0. The molecule has 10 nitrogen and oxygen atoms in total. The topological polar surface area (TPSA) is 129 Å². The van der Waals surface area contributed by atoms with Gasteiger partial charge in [0.15, 0.2) is 0 Å². The van der Waals surface area contributed by atoms with Crippen molar-refractivity contribution in [2.75, 3.05) is 0 Å². The molecule has 0 atom stereocenters. The quantitative estimate of drug-likeness (QED) is 0.136. The maximum atomic E-state index is 5.10. The van der Waals surface area contributed by atoms with Gasteiger partial charge in [0.1, 0.15) is 0 Å². The highest BCUT2D eigenvalue weighted by molar-refractivity contribution is 6.05. The lowest BCUT2D eigenvalue weighted by molar-refractivity contribution is 1.36. The van der Waals surface area contributed by atoms with E-state index < -0.39 is 0 Å². The first-order valence-electron chi connectivity index (χ1n) is 33.3. The Bertz CT molecular complexity index is 6680. The number of nitrogens with zero attached hydrogens (tertiary/aromatic N) is 10. The summed E-state index contributed by atoms with van der Waals surface area (Å²) in [7, 11) is 0. The van der Waals surface area contributed by atoms with Crippen LogP contribution in [0.3, 0.4) is 0 Å². The monoisotopic (exact) mass is 1270 g/mol. The smallest absolute Gasteiger partial charge is 0.0972 e. The molecule has 10 aromatic carbocycles. The molecular formula is C90H54N10. The molecule has 0 radical (unpaired) electrons. The molecule has 0 aliphatic rings. The SMILES string of the molecule is c1cc(-c2ccc3cc(-c4ccc5ccc(-c6cccc7ncccc67)nc5c4)ccc3n2)cc(-c2ccc3ccc4cccnc4c3n2)c1.c1cnc2c(c1)ccc1ccc(-c3ccc(-c4ccc5cc(-c6ccc7ccc(-c8ccnc9ccccc89)nc7c6)ccc5n4)cc3)nc12. The number of aromatic nitrogens is 10. The molecule has 0 bridgehead atoms. The predicted octanol–water partition coefficient (Wildman–Crippen LogP) is 22.2. The number of rotatable bonds is 8. The molecule has 464 valence electrons. The Morgan fingerprint density at radius 1 is 0.160 bits per heavy atom. The van der Waals surface area contributed by atoms with Crippen LogP contribution in [0.5, 0.6) is 0 Å². The molecule has 20 rings (SSSR count). The van der Waals surface area contributed by atoms with Gasteiger partial charge in [-0.05, 0) is 138 Å². The molecule has 0 saturated carbocycles. The molecule has 0 aliphatic carbocycles. The summed E-state index contributed by atoms with van der Waals surface area (Å²) in [4.78, 5) is 48.7. The molecule has 10 heteroatoms. The third-order valence-electron chi connectivity index (χ3n) is 19.1. The molecule has 20 aromatic rings. The van der Waals surface area contributed by atoms with Crippen molar-refractivity contribution in [3.05, 3.63) is 328 Å². The van der Waals surface area contributed by atoms with Crippen molar-refractivity contribution in [3.63, 3.8) is 0 Å². The Labute approximate surface area is 573 Å². The van der Waals surface area contributed by atoms with Crippen LogP contribution in [-0.2, 0) is 0 Å². The Hall–Kier alpha value is -13.7. The van der Waals surface area contributed by atoms with Crippen LogP contribution in [0.15, 0.2) is 328 Å². The second kappa shape index (κ2) is 24.2. The largest absolute Gasteiger partial charge is 0.256 e. The van der Waals surface area contributed by atoms with Crippen molar-refractivity contribution < 1.29 is 0 Å². The van der Waals surface area contributed by atoms with E-state index in [4.69, 9.17) is 29.9 Å². The fourth-order valence-corrected chi connectivity index (χ4v) is 13.9. The highest BCUT2D eigenvalue weighted by atomic mass is 14.8. The molecule has 100 heavy (non-hydrogen) atoms. The van der Waals surface area contributed by atoms with E-state index in [0.29, 0.717) is 0 Å². The fourth-order valence-electron chi connectivity index (χ4n) is 13.9. The minimum Gasteiger partial charge on any atom is -0.256 e. The summed E-state index contributed by atoms with van der Waals surface area (Å²) in [5, 5.41) is 10.9. The maximum absolute atomic E-state index is 5.10. The highest BCUT2D eigenvalue weighted by Crippen LogP contribution is 2.37. The van der Waals surface area contributed by atoms with Crippen LogP contribution in [-0.4, -0.2) is 49.8 Å². The van der Waals surface area contributed by atoms with E-state index in [-0.39, 0.29) is 0 Å². The van der Waals surface area contributed by atoms with E-state index in [0.717, 1.165) is 199 Å². The van der Waals surface area contributed by atoms with Crippen molar-refractivity contribution in [2.24, 2.45) is 0 Å². The Morgan fingerprint density at radius 2 is 0.530 bits per heavy atom. The first-order valence-corrected chi connectivity index (χ1v) is 33.3. The molecule has 0 saturated heterocycles. The summed E-state index contributed by atoms with van der Waals surface area (Å²) >= 11 is 0. The molecule has 0 fully saturated rings. The van der Waals surface area contributed by atoms with Crippen molar-refractivity contribution in [1.29, 1.82) is 0 Å². The van der Waals surface area contributed by atoms with Crippen LogP contribution < -0.4 is 0 Å². The van der Waals surface area contributed by atoms with Gasteiger partial charge >= 0.3 is 0 Å². The lowest BCUT2D eigenvalue weighted by Gasteiger charge is -2.10. The lowest BCUT2D eigenvalue weighted by atomic mass is 9.99. The highest BCUT2D eigenvalue weighted by Gasteiger charge is 2.15. The number of benzene rings is 10. The minimum absolute atomic E-state index is 0.911. The second-order valence-corrected chi connectivity index (χ2v) is 25.1. The molecule has 0 amide bonds. The fraction of sp³-hybridized carbons (Fsp3) is 0. The van der Waals surface area contributed by atoms with Crippen LogP contribution in [0.1, 0.15) is 0 Å². The Morgan fingerprint density at radius 3 is 1.11 bits per heavy atom. The summed E-state index contributed by atoms with van der Waals surface area (Å²) < 4.78 is 0. The number of para-hydroxylation sites is 1. The van der Waals surface area contributed by atoms with Gasteiger partial charge in [-0.25, -0.2) is 29.9 Å². The van der Waals surface area contributed by atoms with Gasteiger partial charge in [-0.3, -0.25) is 19.9 Å². The first-order chi connectivity index (χ1) is 49.5. The standard InChI is InChI=1S/2C45H27N5/c1-5-33(26-34(6-1)40-19-16-30-13-12-29-7-3-24-47-44(29)45(30)50-40)38-21-18-35-25-31(17-20-39(35)48-38)32-14-11-28-15-22-42(49-43(28)27-32)37-8-2-10-41-36(37)9-4-23-46-41;1-2-6-41-36(5-1)37(23-25-46-41)42-22-15-30-11-14-34(27-43(30)49-42)33-17-20-40-35(26-33)18-21-38(48-40)28-7-9-29(10-8-28)39-19-16-32-13-12-31-4-3-24-47-44(31)45(32)50-39/h2*1-27H. The van der Waals surface area contributed by atoms with Crippen LogP contribution in [0, 0.1) is 0 Å². The van der Waals surface area contributed by atoms with Gasteiger partial charge in [-0.15, -0.1) is 0 Å². The average Bonchev–Trinajstić information content (AvgIpc) is 0.796. The van der Waals surface area contributed by atoms with Crippen molar-refractivity contribution >= 4 is 109 Å². The van der Waals surface area contributed by atoms with E-state index >= 15 is 0 Å². The zero-order valence-electron chi connectivity index (χ0n) is 53.6. The van der Waals surface area contributed by atoms with E-state index in [1.807, 2.05) is 79.4 Å². The van der Waals surface area contributed by atoms with Gasteiger partial charge in [-0.1, -0.05) is 188 Å². The average molecular weight is 1280 g/mol. The number of pyridine rings is 10. The van der Waals surface area contributed by atoms with Gasteiger partial charge in [-0.2, -0.15) is 0 Å². The van der Waals surface area contributed by atoms with Crippen LogP contribution in [0.2, 0.25) is 0 Å². The van der Waals surface area contributed by atoms with Gasteiger partial charge in [0, 0.05) is 112 Å². The zero-order valence-corrected chi connectivity index (χ0v) is 53.6. The molecule has 0 N–H and O–H groups in total. The Balaban J connectivity index is 0.000000139. The van der Waals surface area contributed by atoms with E-state index in [9.17, 15) is 0 Å². The molecule has 0 aliphatic heterocycles. The zero-order chi connectivity index (χ0) is 66.0. The molecular weight excluding hydrogens is 1220 g/mol. The number of hydrogen-bond acceptors (Lipinski definition) is 10. The van der Waals surface area contributed by atoms with Gasteiger partial charge in [0.25, 0.3) is 0 Å². The predicted molar refractivity (Wildman–Crippen MR) is 409 cm³/mol.